The molecule has 2 aromatic rings. The standard InChI is InChI=1S/C15H16O7/c1-7-4-12(17)22-11-5-8(2-3-9(7)11)21-15-14(19)13(18)10(16)6-20-15/h2-5,10,13-16,18-19H,6H2,1H3/t10-,13+,14-,15-/m0/s1. The molecule has 1 saturated heterocycles. The van der Waals surface area contributed by atoms with Crippen molar-refractivity contribution in [3.8, 4) is 5.75 Å². The summed E-state index contributed by atoms with van der Waals surface area (Å²) in [5, 5.41) is 29.6. The lowest BCUT2D eigenvalue weighted by molar-refractivity contribution is -0.242. The van der Waals surface area contributed by atoms with Gasteiger partial charge in [0.2, 0.25) is 6.29 Å². The maximum Gasteiger partial charge on any atom is 0.336 e. The van der Waals surface area contributed by atoms with Crippen LogP contribution in [0.15, 0.2) is 33.5 Å². The summed E-state index contributed by atoms with van der Waals surface area (Å²) in [5.74, 6) is 0.314. The van der Waals surface area contributed by atoms with Crippen molar-refractivity contribution in [1.82, 2.24) is 0 Å². The van der Waals surface area contributed by atoms with Gasteiger partial charge in [0, 0.05) is 17.5 Å². The Morgan fingerprint density at radius 1 is 1.18 bits per heavy atom. The van der Waals surface area contributed by atoms with Gasteiger partial charge < -0.3 is 29.2 Å². The number of benzene rings is 1. The highest BCUT2D eigenvalue weighted by Crippen LogP contribution is 2.25. The van der Waals surface area contributed by atoms with Gasteiger partial charge in [-0.15, -0.1) is 0 Å². The lowest BCUT2D eigenvalue weighted by Crippen LogP contribution is -2.54. The molecule has 1 aromatic carbocycles. The number of rotatable bonds is 2. The second-order valence-electron chi connectivity index (χ2n) is 5.27. The van der Waals surface area contributed by atoms with E-state index in [1.54, 1.807) is 19.1 Å². The molecule has 0 radical (unpaired) electrons. The molecule has 0 saturated carbocycles. The van der Waals surface area contributed by atoms with E-state index in [-0.39, 0.29) is 6.61 Å². The summed E-state index contributed by atoms with van der Waals surface area (Å²) in [4.78, 5) is 11.4. The first-order chi connectivity index (χ1) is 10.5. The van der Waals surface area contributed by atoms with E-state index in [1.165, 1.54) is 12.1 Å². The third kappa shape index (κ3) is 2.71. The molecule has 1 fully saturated rings. The molecule has 4 atom stereocenters. The number of ether oxygens (including phenoxy) is 2. The van der Waals surface area contributed by atoms with Crippen molar-refractivity contribution >= 4 is 11.0 Å². The second-order valence-corrected chi connectivity index (χ2v) is 5.27. The molecule has 3 N–H and O–H groups in total. The van der Waals surface area contributed by atoms with Crippen molar-refractivity contribution in [3.05, 3.63) is 40.2 Å². The molecule has 7 heteroatoms. The second kappa shape index (κ2) is 5.69. The van der Waals surface area contributed by atoms with Gasteiger partial charge in [-0.05, 0) is 24.6 Å². The first-order valence-electron chi connectivity index (χ1n) is 6.82. The van der Waals surface area contributed by atoms with E-state index in [9.17, 15) is 20.1 Å². The Hall–Kier alpha value is -1.93. The summed E-state index contributed by atoms with van der Waals surface area (Å²) < 4.78 is 15.7. The molecule has 1 aliphatic rings. The Morgan fingerprint density at radius 2 is 1.95 bits per heavy atom. The highest BCUT2D eigenvalue weighted by molar-refractivity contribution is 5.81. The fourth-order valence-electron chi connectivity index (χ4n) is 2.40. The number of hydrogen-bond donors (Lipinski definition) is 3. The van der Waals surface area contributed by atoms with Crippen LogP contribution in [0.4, 0.5) is 0 Å². The van der Waals surface area contributed by atoms with Crippen molar-refractivity contribution in [2.45, 2.75) is 31.5 Å². The molecule has 1 aliphatic heterocycles. The van der Waals surface area contributed by atoms with Crippen LogP contribution in [0.2, 0.25) is 0 Å². The third-order valence-corrected chi connectivity index (χ3v) is 3.63. The smallest absolute Gasteiger partial charge is 0.336 e. The van der Waals surface area contributed by atoms with E-state index >= 15 is 0 Å². The van der Waals surface area contributed by atoms with Gasteiger partial charge in [0.1, 0.15) is 29.6 Å². The summed E-state index contributed by atoms with van der Waals surface area (Å²) in [6.45, 7) is 1.65. The summed E-state index contributed by atoms with van der Waals surface area (Å²) in [6.07, 6.45) is -5.01. The number of aryl methyl sites for hydroxylation is 1. The SMILES string of the molecule is Cc1cc(=O)oc2cc(O[C@@H]3OC[C@H](O)[C@@H](O)[C@@H]3O)ccc12. The van der Waals surface area contributed by atoms with E-state index in [0.717, 1.165) is 10.9 Å². The summed E-state index contributed by atoms with van der Waals surface area (Å²) >= 11 is 0. The molecular weight excluding hydrogens is 292 g/mol. The molecule has 118 valence electrons. The molecule has 0 bridgehead atoms. The largest absolute Gasteiger partial charge is 0.462 e. The van der Waals surface area contributed by atoms with Crippen LogP contribution in [-0.2, 0) is 4.74 Å². The van der Waals surface area contributed by atoms with Crippen LogP contribution in [0.3, 0.4) is 0 Å². The Balaban J connectivity index is 1.87. The normalized spacial score (nSPS) is 28.7. The van der Waals surface area contributed by atoms with Gasteiger partial charge >= 0.3 is 5.63 Å². The molecule has 0 unspecified atom stereocenters. The van der Waals surface area contributed by atoms with Crippen LogP contribution in [0.1, 0.15) is 5.56 Å². The van der Waals surface area contributed by atoms with Crippen LogP contribution in [0.5, 0.6) is 5.75 Å². The van der Waals surface area contributed by atoms with Crippen LogP contribution in [0.25, 0.3) is 11.0 Å². The van der Waals surface area contributed by atoms with Gasteiger partial charge in [0.25, 0.3) is 0 Å². The molecule has 1 aromatic heterocycles. The molecule has 22 heavy (non-hydrogen) atoms. The Labute approximate surface area is 125 Å². The highest BCUT2D eigenvalue weighted by Gasteiger charge is 2.39. The average Bonchev–Trinajstić information content (AvgIpc) is 2.47. The van der Waals surface area contributed by atoms with E-state index in [2.05, 4.69) is 0 Å². The lowest BCUT2D eigenvalue weighted by Gasteiger charge is -2.34. The van der Waals surface area contributed by atoms with Gasteiger partial charge in [0.15, 0.2) is 0 Å². The number of aliphatic hydroxyl groups excluding tert-OH is 3. The van der Waals surface area contributed by atoms with Crippen LogP contribution >= 0.6 is 0 Å². The van der Waals surface area contributed by atoms with Crippen molar-refractivity contribution in [2.24, 2.45) is 0 Å². The number of aliphatic hydroxyl groups is 3. The zero-order chi connectivity index (χ0) is 15.9. The quantitative estimate of drug-likeness (QED) is 0.666. The van der Waals surface area contributed by atoms with Crippen LogP contribution < -0.4 is 10.4 Å². The summed E-state index contributed by atoms with van der Waals surface area (Å²) in [7, 11) is 0. The average molecular weight is 308 g/mol. The van der Waals surface area contributed by atoms with E-state index < -0.39 is 30.2 Å². The molecule has 3 rings (SSSR count). The molecule has 0 aliphatic carbocycles. The zero-order valence-electron chi connectivity index (χ0n) is 11.8. The van der Waals surface area contributed by atoms with Gasteiger partial charge in [-0.3, -0.25) is 0 Å². The summed E-state index contributed by atoms with van der Waals surface area (Å²) in [5.41, 5.74) is 0.674. The third-order valence-electron chi connectivity index (χ3n) is 3.63. The Kier molecular flexibility index (Phi) is 3.88. The van der Waals surface area contributed by atoms with Crippen molar-refractivity contribution in [3.63, 3.8) is 0 Å². The van der Waals surface area contributed by atoms with Gasteiger partial charge in [-0.2, -0.15) is 0 Å². The highest BCUT2D eigenvalue weighted by atomic mass is 16.7. The first kappa shape index (κ1) is 15.0. The zero-order valence-corrected chi connectivity index (χ0v) is 11.8. The fraction of sp³-hybridized carbons (Fsp3) is 0.400. The van der Waals surface area contributed by atoms with Gasteiger partial charge in [-0.25, -0.2) is 4.79 Å². The van der Waals surface area contributed by atoms with Crippen molar-refractivity contribution in [2.75, 3.05) is 6.61 Å². The maximum atomic E-state index is 11.4. The number of fused-ring (bicyclic) bond motifs is 1. The topological polar surface area (TPSA) is 109 Å². The van der Waals surface area contributed by atoms with Gasteiger partial charge in [0.05, 0.1) is 6.61 Å². The van der Waals surface area contributed by atoms with Crippen LogP contribution in [0, 0.1) is 6.92 Å². The van der Waals surface area contributed by atoms with Crippen molar-refractivity contribution < 1.29 is 29.2 Å². The number of hydrogen-bond acceptors (Lipinski definition) is 7. The van der Waals surface area contributed by atoms with Crippen LogP contribution in [-0.4, -0.2) is 46.5 Å². The molecule has 2 heterocycles. The molecule has 7 nitrogen and oxygen atoms in total. The minimum absolute atomic E-state index is 0.148. The minimum atomic E-state index is -1.39. The van der Waals surface area contributed by atoms with E-state index in [1.807, 2.05) is 0 Å². The maximum absolute atomic E-state index is 11.4. The predicted molar refractivity (Wildman–Crippen MR) is 75.6 cm³/mol. The molecule has 0 amide bonds. The minimum Gasteiger partial charge on any atom is -0.462 e. The Morgan fingerprint density at radius 3 is 2.73 bits per heavy atom. The first-order valence-corrected chi connectivity index (χ1v) is 6.82. The fourth-order valence-corrected chi connectivity index (χ4v) is 2.40. The van der Waals surface area contributed by atoms with Crippen molar-refractivity contribution in [1.29, 1.82) is 0 Å². The lowest BCUT2D eigenvalue weighted by atomic mass is 10.1. The molecule has 0 spiro atoms. The molecular formula is C15H16O7. The van der Waals surface area contributed by atoms with Gasteiger partial charge in [-0.1, -0.05) is 0 Å². The van der Waals surface area contributed by atoms with E-state index in [0.29, 0.717) is 11.3 Å². The Bertz CT molecular complexity index is 738. The summed E-state index contributed by atoms with van der Waals surface area (Å²) in [6, 6.07) is 6.28. The predicted octanol–water partition coefficient (Wildman–Crippen LogP) is -0.0808. The monoisotopic (exact) mass is 308 g/mol. The van der Waals surface area contributed by atoms with E-state index in [4.69, 9.17) is 13.9 Å².